The molecule has 2 aromatic rings. The van der Waals surface area contributed by atoms with Gasteiger partial charge in [-0.05, 0) is 37.8 Å². The summed E-state index contributed by atoms with van der Waals surface area (Å²) in [6, 6.07) is 10.9. The number of anilines is 1. The molecule has 1 aliphatic rings. The van der Waals surface area contributed by atoms with Crippen LogP contribution in [0, 0.1) is 5.92 Å². The van der Waals surface area contributed by atoms with Crippen molar-refractivity contribution in [1.29, 1.82) is 0 Å². The summed E-state index contributed by atoms with van der Waals surface area (Å²) in [7, 11) is 2.14. The van der Waals surface area contributed by atoms with Gasteiger partial charge in [0.15, 0.2) is 0 Å². The molecule has 0 aliphatic heterocycles. The number of fused-ring (bicyclic) bond motifs is 1. The number of alkyl halides is 1. The van der Waals surface area contributed by atoms with Crippen LogP contribution in [0.5, 0.6) is 0 Å². The molecular formula is C16H19ClN2. The fourth-order valence-electron chi connectivity index (χ4n) is 2.64. The average Bonchev–Trinajstić information content (AvgIpc) is 3.28. The van der Waals surface area contributed by atoms with Crippen LogP contribution in [0.15, 0.2) is 30.3 Å². The summed E-state index contributed by atoms with van der Waals surface area (Å²) < 4.78 is 0. The van der Waals surface area contributed by atoms with Gasteiger partial charge in [-0.3, -0.25) is 0 Å². The summed E-state index contributed by atoms with van der Waals surface area (Å²) >= 11 is 6.11. The third-order valence-electron chi connectivity index (χ3n) is 4.17. The quantitative estimate of drug-likeness (QED) is 0.777. The predicted molar refractivity (Wildman–Crippen MR) is 81.9 cm³/mol. The van der Waals surface area contributed by atoms with Crippen LogP contribution in [0.2, 0.25) is 0 Å². The summed E-state index contributed by atoms with van der Waals surface area (Å²) in [4.78, 5) is 7.11. The number of rotatable bonds is 4. The molecular weight excluding hydrogens is 256 g/mol. The minimum Gasteiger partial charge on any atom is -0.356 e. The molecule has 1 aliphatic carbocycles. The number of nitrogens with zero attached hydrogens (tertiary/aromatic N) is 2. The van der Waals surface area contributed by atoms with Crippen molar-refractivity contribution < 1.29 is 0 Å². The number of hydrogen-bond acceptors (Lipinski definition) is 2. The van der Waals surface area contributed by atoms with Crippen LogP contribution in [0.4, 0.5) is 5.82 Å². The van der Waals surface area contributed by atoms with E-state index < -0.39 is 0 Å². The van der Waals surface area contributed by atoms with Crippen molar-refractivity contribution in [2.45, 2.75) is 31.7 Å². The van der Waals surface area contributed by atoms with E-state index in [2.05, 4.69) is 37.1 Å². The molecule has 1 heterocycles. The molecule has 0 amide bonds. The van der Waals surface area contributed by atoms with E-state index in [1.807, 2.05) is 12.1 Å². The van der Waals surface area contributed by atoms with Crippen molar-refractivity contribution in [3.8, 4) is 0 Å². The molecule has 3 rings (SSSR count). The van der Waals surface area contributed by atoms with Crippen molar-refractivity contribution >= 4 is 28.3 Å². The molecule has 3 heteroatoms. The predicted octanol–water partition coefficient (Wildman–Crippen LogP) is 4.21. The Labute approximate surface area is 119 Å². The molecule has 0 N–H and O–H groups in total. The van der Waals surface area contributed by atoms with Crippen molar-refractivity contribution in [3.05, 3.63) is 35.9 Å². The lowest BCUT2D eigenvalue weighted by molar-refractivity contribution is 0.603. The Bertz CT molecular complexity index is 592. The van der Waals surface area contributed by atoms with Gasteiger partial charge in [0, 0.05) is 24.0 Å². The van der Waals surface area contributed by atoms with Crippen molar-refractivity contribution in [3.63, 3.8) is 0 Å². The molecule has 1 aromatic carbocycles. The van der Waals surface area contributed by atoms with E-state index in [1.54, 1.807) is 0 Å². The smallest absolute Gasteiger partial charge is 0.133 e. The van der Waals surface area contributed by atoms with E-state index >= 15 is 0 Å². The maximum Gasteiger partial charge on any atom is 0.133 e. The number of benzene rings is 1. The van der Waals surface area contributed by atoms with E-state index in [1.165, 1.54) is 12.8 Å². The van der Waals surface area contributed by atoms with Gasteiger partial charge in [0.2, 0.25) is 0 Å². The highest BCUT2D eigenvalue weighted by Crippen LogP contribution is 2.37. The Morgan fingerprint density at radius 1 is 1.37 bits per heavy atom. The topological polar surface area (TPSA) is 16.1 Å². The van der Waals surface area contributed by atoms with Crippen molar-refractivity contribution in [1.82, 2.24) is 4.98 Å². The van der Waals surface area contributed by atoms with Gasteiger partial charge in [-0.1, -0.05) is 18.2 Å². The van der Waals surface area contributed by atoms with Crippen LogP contribution < -0.4 is 4.90 Å². The molecule has 1 atom stereocenters. The second-order valence-corrected chi connectivity index (χ2v) is 5.75. The largest absolute Gasteiger partial charge is 0.356 e. The van der Waals surface area contributed by atoms with Crippen LogP contribution in [0.1, 0.15) is 25.3 Å². The standard InChI is InChI=1S/C16H19ClN2/c1-11(12-7-8-12)19(2)16-14(10-17)9-13-5-3-4-6-15(13)18-16/h3-6,9,11-12H,7-8,10H2,1-2H3. The minimum absolute atomic E-state index is 0.509. The van der Waals surface area contributed by atoms with Gasteiger partial charge in [-0.15, -0.1) is 11.6 Å². The first kappa shape index (κ1) is 12.7. The zero-order valence-electron chi connectivity index (χ0n) is 11.4. The monoisotopic (exact) mass is 274 g/mol. The highest BCUT2D eigenvalue weighted by Gasteiger charge is 2.31. The molecule has 1 fully saturated rings. The number of pyridine rings is 1. The zero-order chi connectivity index (χ0) is 13.4. The lowest BCUT2D eigenvalue weighted by Gasteiger charge is -2.28. The summed E-state index contributed by atoms with van der Waals surface area (Å²) in [6.45, 7) is 2.28. The number of hydrogen-bond donors (Lipinski definition) is 0. The molecule has 2 nitrogen and oxygen atoms in total. The van der Waals surface area contributed by atoms with Crippen LogP contribution in [0.25, 0.3) is 10.9 Å². The van der Waals surface area contributed by atoms with Crippen molar-refractivity contribution in [2.24, 2.45) is 5.92 Å². The molecule has 1 aromatic heterocycles. The Balaban J connectivity index is 2.04. The molecule has 100 valence electrons. The first-order valence-electron chi connectivity index (χ1n) is 6.88. The highest BCUT2D eigenvalue weighted by molar-refractivity contribution is 6.17. The van der Waals surface area contributed by atoms with Gasteiger partial charge in [-0.25, -0.2) is 4.98 Å². The lowest BCUT2D eigenvalue weighted by atomic mass is 10.1. The Morgan fingerprint density at radius 2 is 2.11 bits per heavy atom. The maximum absolute atomic E-state index is 6.11. The van der Waals surface area contributed by atoms with Gasteiger partial charge >= 0.3 is 0 Å². The summed E-state index contributed by atoms with van der Waals surface area (Å²) in [5.74, 6) is 2.36. The lowest BCUT2D eigenvalue weighted by Crippen LogP contribution is -2.32. The second-order valence-electron chi connectivity index (χ2n) is 5.49. The van der Waals surface area contributed by atoms with E-state index in [4.69, 9.17) is 16.6 Å². The molecule has 0 saturated heterocycles. The fourth-order valence-corrected chi connectivity index (χ4v) is 2.84. The normalized spacial score (nSPS) is 16.6. The van der Waals surface area contributed by atoms with Gasteiger partial charge < -0.3 is 4.90 Å². The second kappa shape index (κ2) is 5.01. The molecule has 19 heavy (non-hydrogen) atoms. The van der Waals surface area contributed by atoms with Gasteiger partial charge in [0.05, 0.1) is 11.4 Å². The number of aromatic nitrogens is 1. The summed E-state index contributed by atoms with van der Waals surface area (Å²) in [5.41, 5.74) is 2.16. The average molecular weight is 275 g/mol. The van der Waals surface area contributed by atoms with E-state index in [9.17, 15) is 0 Å². The first-order valence-corrected chi connectivity index (χ1v) is 7.41. The van der Waals surface area contributed by atoms with E-state index in [0.29, 0.717) is 11.9 Å². The van der Waals surface area contributed by atoms with Gasteiger partial charge in [0.25, 0.3) is 0 Å². The molecule has 1 unspecified atom stereocenters. The van der Waals surface area contributed by atoms with Crippen molar-refractivity contribution in [2.75, 3.05) is 11.9 Å². The number of halogens is 1. The molecule has 0 bridgehead atoms. The van der Waals surface area contributed by atoms with Gasteiger partial charge in [0.1, 0.15) is 5.82 Å². The Kier molecular flexibility index (Phi) is 3.36. The molecule has 0 spiro atoms. The zero-order valence-corrected chi connectivity index (χ0v) is 12.2. The molecule has 1 saturated carbocycles. The van der Waals surface area contributed by atoms with Crippen LogP contribution >= 0.6 is 11.6 Å². The third kappa shape index (κ3) is 2.42. The summed E-state index contributed by atoms with van der Waals surface area (Å²) in [5, 5.41) is 1.16. The Morgan fingerprint density at radius 3 is 2.79 bits per heavy atom. The van der Waals surface area contributed by atoms with Crippen LogP contribution in [0.3, 0.4) is 0 Å². The van der Waals surface area contributed by atoms with Crippen LogP contribution in [-0.2, 0) is 5.88 Å². The minimum atomic E-state index is 0.509. The molecule has 0 radical (unpaired) electrons. The van der Waals surface area contributed by atoms with Crippen LogP contribution in [-0.4, -0.2) is 18.1 Å². The fraction of sp³-hybridized carbons (Fsp3) is 0.438. The summed E-state index contributed by atoms with van der Waals surface area (Å²) in [6.07, 6.45) is 2.69. The van der Waals surface area contributed by atoms with Gasteiger partial charge in [-0.2, -0.15) is 0 Å². The first-order chi connectivity index (χ1) is 9.20. The Hall–Kier alpha value is -1.28. The van der Waals surface area contributed by atoms with E-state index in [0.717, 1.165) is 28.2 Å². The van der Waals surface area contributed by atoms with E-state index in [-0.39, 0.29) is 0 Å². The maximum atomic E-state index is 6.11. The third-order valence-corrected chi connectivity index (χ3v) is 4.46. The highest BCUT2D eigenvalue weighted by atomic mass is 35.5. The number of para-hydroxylation sites is 1. The SMILES string of the molecule is CC(C1CC1)N(C)c1nc2ccccc2cc1CCl.